The molecule has 1 saturated heterocycles. The monoisotopic (exact) mass is 482 g/mol. The average molecular weight is 483 g/mol. The maximum absolute atomic E-state index is 12.8. The highest BCUT2D eigenvalue weighted by atomic mass is 32.1. The van der Waals surface area contributed by atoms with Crippen molar-refractivity contribution in [3.63, 3.8) is 0 Å². The number of piperazine rings is 1. The Balaban J connectivity index is 1.20. The number of hydrogen-bond donors (Lipinski definition) is 2. The van der Waals surface area contributed by atoms with E-state index in [0.717, 1.165) is 15.3 Å². The molecule has 0 saturated carbocycles. The number of nitrogens with one attached hydrogen (secondary N) is 2. The van der Waals surface area contributed by atoms with Crippen molar-refractivity contribution in [3.8, 4) is 16.3 Å². The molecule has 11 heteroatoms. The molecule has 5 heterocycles. The summed E-state index contributed by atoms with van der Waals surface area (Å²) in [5.41, 5.74) is 1.46. The number of urea groups is 1. The molecule has 4 aromatic rings. The maximum Gasteiger partial charge on any atom is 0.321 e. The zero-order valence-corrected chi connectivity index (χ0v) is 19.5. The van der Waals surface area contributed by atoms with Crippen molar-refractivity contribution in [2.24, 2.45) is 0 Å². The summed E-state index contributed by atoms with van der Waals surface area (Å²) >= 11 is 3.11. The van der Waals surface area contributed by atoms with Crippen LogP contribution < -0.4 is 15.6 Å². The van der Waals surface area contributed by atoms with E-state index >= 15 is 0 Å². The molecule has 2 N–H and O–H groups in total. The highest BCUT2D eigenvalue weighted by molar-refractivity contribution is 7.18. The van der Waals surface area contributed by atoms with Gasteiger partial charge in [-0.15, -0.1) is 22.7 Å². The Hall–Kier alpha value is -3.28. The zero-order chi connectivity index (χ0) is 22.8. The number of methoxy groups -OCH3 is 1. The van der Waals surface area contributed by atoms with Crippen LogP contribution in [0.5, 0.6) is 5.88 Å². The van der Waals surface area contributed by atoms with Gasteiger partial charge in [-0.25, -0.2) is 14.8 Å². The number of anilines is 1. The highest BCUT2D eigenvalue weighted by Crippen LogP contribution is 2.33. The number of amides is 2. The van der Waals surface area contributed by atoms with Crippen molar-refractivity contribution in [2.75, 3.05) is 38.6 Å². The molecule has 0 aromatic carbocycles. The second-order valence-electron chi connectivity index (χ2n) is 7.60. The Morgan fingerprint density at radius 1 is 1.21 bits per heavy atom. The van der Waals surface area contributed by atoms with Crippen LogP contribution in [0.4, 0.5) is 10.5 Å². The predicted octanol–water partition coefficient (Wildman–Crippen LogP) is 3.47. The third-order valence-electron chi connectivity index (χ3n) is 5.51. The molecule has 0 bridgehead atoms. The SMILES string of the molecule is COc1ccc(NC(=O)N2CCN(Cc3nc4scc(-c5cccs5)c4c(=O)[nH]3)CC2)cn1. The van der Waals surface area contributed by atoms with Gasteiger partial charge in [0.05, 0.1) is 30.9 Å². The molecular weight excluding hydrogens is 460 g/mol. The molecule has 0 aliphatic carbocycles. The van der Waals surface area contributed by atoms with Crippen LogP contribution in [0.15, 0.2) is 46.0 Å². The van der Waals surface area contributed by atoms with Crippen molar-refractivity contribution in [1.29, 1.82) is 0 Å². The van der Waals surface area contributed by atoms with Gasteiger partial charge in [-0.1, -0.05) is 6.07 Å². The second kappa shape index (κ2) is 9.30. The van der Waals surface area contributed by atoms with Gasteiger partial charge in [0.1, 0.15) is 10.7 Å². The first-order chi connectivity index (χ1) is 16.1. The van der Waals surface area contributed by atoms with Crippen molar-refractivity contribution in [2.45, 2.75) is 6.54 Å². The summed E-state index contributed by atoms with van der Waals surface area (Å²) in [4.78, 5) is 42.9. The largest absolute Gasteiger partial charge is 0.481 e. The number of aromatic nitrogens is 3. The lowest BCUT2D eigenvalue weighted by molar-refractivity contribution is 0.141. The summed E-state index contributed by atoms with van der Waals surface area (Å²) in [5.74, 6) is 1.14. The second-order valence-corrected chi connectivity index (χ2v) is 9.41. The minimum Gasteiger partial charge on any atom is -0.481 e. The van der Waals surface area contributed by atoms with Gasteiger partial charge in [0.25, 0.3) is 5.56 Å². The summed E-state index contributed by atoms with van der Waals surface area (Å²) in [7, 11) is 1.55. The topological polar surface area (TPSA) is 103 Å². The van der Waals surface area contributed by atoms with E-state index < -0.39 is 0 Å². The molecule has 5 rings (SSSR count). The van der Waals surface area contributed by atoms with E-state index in [2.05, 4.69) is 20.2 Å². The standard InChI is InChI=1S/C22H22N6O3S2/c1-31-18-5-4-14(11-23-18)24-22(30)28-8-6-27(7-9-28)12-17-25-20(29)19-15(13-33-21(19)26-17)16-3-2-10-32-16/h2-5,10-11,13H,6-9,12H2,1H3,(H,24,30)(H,25,26,29). The molecule has 170 valence electrons. The van der Waals surface area contributed by atoms with E-state index in [9.17, 15) is 9.59 Å². The molecular formula is C22H22N6O3S2. The van der Waals surface area contributed by atoms with Gasteiger partial charge in [0, 0.05) is 48.1 Å². The first kappa shape index (κ1) is 21.6. The summed E-state index contributed by atoms with van der Waals surface area (Å²) in [5, 5.41) is 7.52. The smallest absolute Gasteiger partial charge is 0.321 e. The molecule has 4 aromatic heterocycles. The van der Waals surface area contributed by atoms with Gasteiger partial charge in [-0.3, -0.25) is 9.69 Å². The number of fused-ring (bicyclic) bond motifs is 1. The van der Waals surface area contributed by atoms with E-state index in [1.165, 1.54) is 11.3 Å². The van der Waals surface area contributed by atoms with Gasteiger partial charge in [0.15, 0.2) is 0 Å². The number of thiophene rings is 2. The zero-order valence-electron chi connectivity index (χ0n) is 17.9. The lowest BCUT2D eigenvalue weighted by Gasteiger charge is -2.34. The normalized spacial score (nSPS) is 14.5. The molecule has 9 nitrogen and oxygen atoms in total. The minimum atomic E-state index is -0.158. The lowest BCUT2D eigenvalue weighted by atomic mass is 10.2. The number of nitrogens with zero attached hydrogens (tertiary/aromatic N) is 4. The Morgan fingerprint density at radius 3 is 2.76 bits per heavy atom. The number of carbonyl (C=O) groups excluding carboxylic acids is 1. The van der Waals surface area contributed by atoms with E-state index in [4.69, 9.17) is 9.72 Å². The van der Waals surface area contributed by atoms with Gasteiger partial charge < -0.3 is 19.9 Å². The number of aromatic amines is 1. The minimum absolute atomic E-state index is 0.106. The number of H-pyrrole nitrogens is 1. The predicted molar refractivity (Wildman–Crippen MR) is 130 cm³/mol. The Morgan fingerprint density at radius 2 is 2.06 bits per heavy atom. The van der Waals surface area contributed by atoms with Crippen molar-refractivity contribution in [1.82, 2.24) is 24.8 Å². The van der Waals surface area contributed by atoms with Crippen LogP contribution in [0.3, 0.4) is 0 Å². The summed E-state index contributed by atoms with van der Waals surface area (Å²) in [6, 6.07) is 7.30. The Labute approximate surface area is 197 Å². The number of rotatable bonds is 5. The van der Waals surface area contributed by atoms with Crippen molar-refractivity contribution >= 4 is 44.6 Å². The molecule has 0 atom stereocenters. The summed E-state index contributed by atoms with van der Waals surface area (Å²) in [6.07, 6.45) is 1.57. The van der Waals surface area contributed by atoms with Gasteiger partial charge >= 0.3 is 6.03 Å². The fourth-order valence-corrected chi connectivity index (χ4v) is 5.56. The molecule has 33 heavy (non-hydrogen) atoms. The molecule has 0 unspecified atom stereocenters. The van der Waals surface area contributed by atoms with Crippen LogP contribution in [0, 0.1) is 0 Å². The Kier molecular flexibility index (Phi) is 6.07. The van der Waals surface area contributed by atoms with E-state index in [1.807, 2.05) is 22.9 Å². The third-order valence-corrected chi connectivity index (χ3v) is 7.28. The van der Waals surface area contributed by atoms with Gasteiger partial charge in [-0.2, -0.15) is 0 Å². The molecule has 1 fully saturated rings. The fourth-order valence-electron chi connectivity index (χ4n) is 3.78. The van der Waals surface area contributed by atoms with Crippen LogP contribution in [0.25, 0.3) is 20.7 Å². The average Bonchev–Trinajstić information content (AvgIpc) is 3.50. The molecule has 2 amide bonds. The summed E-state index contributed by atoms with van der Waals surface area (Å²) < 4.78 is 5.03. The quantitative estimate of drug-likeness (QED) is 0.452. The van der Waals surface area contributed by atoms with E-state index in [0.29, 0.717) is 55.5 Å². The van der Waals surface area contributed by atoms with Crippen LogP contribution >= 0.6 is 22.7 Å². The molecule has 0 radical (unpaired) electrons. The van der Waals surface area contributed by atoms with Gasteiger partial charge in [-0.05, 0) is 17.5 Å². The van der Waals surface area contributed by atoms with Crippen LogP contribution in [-0.2, 0) is 6.54 Å². The Bertz CT molecular complexity index is 1310. The third kappa shape index (κ3) is 4.61. The molecule has 0 spiro atoms. The number of ether oxygens (including phenoxy) is 1. The fraction of sp³-hybridized carbons (Fsp3) is 0.273. The molecule has 1 aliphatic rings. The lowest BCUT2D eigenvalue weighted by Crippen LogP contribution is -2.49. The first-order valence-corrected chi connectivity index (χ1v) is 12.2. The molecule has 1 aliphatic heterocycles. The van der Waals surface area contributed by atoms with Gasteiger partial charge in [0.2, 0.25) is 5.88 Å². The van der Waals surface area contributed by atoms with Crippen LogP contribution in [-0.4, -0.2) is 64.1 Å². The first-order valence-electron chi connectivity index (χ1n) is 10.4. The highest BCUT2D eigenvalue weighted by Gasteiger charge is 2.22. The number of hydrogen-bond acceptors (Lipinski definition) is 8. The van der Waals surface area contributed by atoms with Crippen molar-refractivity contribution < 1.29 is 9.53 Å². The number of carbonyl (C=O) groups is 1. The van der Waals surface area contributed by atoms with E-state index in [1.54, 1.807) is 41.7 Å². The van der Waals surface area contributed by atoms with Crippen LogP contribution in [0.2, 0.25) is 0 Å². The van der Waals surface area contributed by atoms with Crippen molar-refractivity contribution in [3.05, 3.63) is 57.4 Å². The summed E-state index contributed by atoms with van der Waals surface area (Å²) in [6.45, 7) is 3.10. The number of pyridine rings is 1. The van der Waals surface area contributed by atoms with Crippen LogP contribution in [0.1, 0.15) is 5.82 Å². The maximum atomic E-state index is 12.8. The van der Waals surface area contributed by atoms with E-state index in [-0.39, 0.29) is 11.6 Å².